The fourth-order valence-corrected chi connectivity index (χ4v) is 2.13. The van der Waals surface area contributed by atoms with Gasteiger partial charge in [-0.3, -0.25) is 4.79 Å². The summed E-state index contributed by atoms with van der Waals surface area (Å²) in [6, 6.07) is 7.32. The van der Waals surface area contributed by atoms with E-state index >= 15 is 0 Å². The molecule has 1 atom stereocenters. The van der Waals surface area contributed by atoms with Crippen LogP contribution < -0.4 is 14.8 Å². The van der Waals surface area contributed by atoms with Crippen molar-refractivity contribution in [3.63, 3.8) is 0 Å². The second kappa shape index (κ2) is 4.86. The highest BCUT2D eigenvalue weighted by Crippen LogP contribution is 2.33. The third-order valence-corrected chi connectivity index (χ3v) is 3.04. The summed E-state index contributed by atoms with van der Waals surface area (Å²) in [7, 11) is 0. The molecule has 1 saturated heterocycles. The molecule has 96 valence electrons. The first-order chi connectivity index (χ1) is 8.83. The average Bonchev–Trinajstić information content (AvgIpc) is 2.84. The minimum Gasteiger partial charge on any atom is -0.442 e. The van der Waals surface area contributed by atoms with Gasteiger partial charge < -0.3 is 19.5 Å². The maximum atomic E-state index is 12.0. The van der Waals surface area contributed by atoms with E-state index in [4.69, 9.17) is 14.2 Å². The molecule has 18 heavy (non-hydrogen) atoms. The molecule has 1 aromatic rings. The van der Waals surface area contributed by atoms with Gasteiger partial charge in [0.25, 0.3) is 0 Å². The average molecular weight is 249 g/mol. The lowest BCUT2D eigenvalue weighted by Gasteiger charge is -2.23. The lowest BCUT2D eigenvalue weighted by molar-refractivity contribution is -0.138. The van der Waals surface area contributed by atoms with Crippen molar-refractivity contribution in [1.29, 1.82) is 0 Å². The Balaban J connectivity index is 1.58. The van der Waals surface area contributed by atoms with E-state index in [9.17, 15) is 4.79 Å². The van der Waals surface area contributed by atoms with Crippen molar-refractivity contribution in [3.8, 4) is 11.5 Å². The van der Waals surface area contributed by atoms with Crippen molar-refractivity contribution < 1.29 is 19.0 Å². The van der Waals surface area contributed by atoms with Gasteiger partial charge in [-0.2, -0.15) is 0 Å². The number of nitrogens with one attached hydrogen (secondary N) is 1. The van der Waals surface area contributed by atoms with Crippen LogP contribution in [0.25, 0.3) is 0 Å². The molecule has 0 radical (unpaired) electrons. The Hall–Kier alpha value is -1.75. The topological polar surface area (TPSA) is 56.8 Å². The number of ether oxygens (including phenoxy) is 3. The summed E-state index contributed by atoms with van der Waals surface area (Å²) >= 11 is 0. The number of carbonyl (C=O) groups is 1. The molecule has 0 saturated carbocycles. The van der Waals surface area contributed by atoms with Gasteiger partial charge in [0.1, 0.15) is 0 Å². The Morgan fingerprint density at radius 2 is 1.94 bits per heavy atom. The summed E-state index contributed by atoms with van der Waals surface area (Å²) in [6.07, 6.45) is 1.02. The van der Waals surface area contributed by atoms with Gasteiger partial charge in [0.15, 0.2) is 11.5 Å². The normalized spacial score (nSPS) is 22.8. The van der Waals surface area contributed by atoms with E-state index in [-0.39, 0.29) is 11.9 Å². The van der Waals surface area contributed by atoms with Crippen molar-refractivity contribution in [1.82, 2.24) is 5.32 Å². The van der Waals surface area contributed by atoms with Crippen molar-refractivity contribution in [2.75, 3.05) is 13.2 Å². The third kappa shape index (κ3) is 2.26. The molecule has 2 heterocycles. The number of hydrogen-bond donors (Lipinski definition) is 1. The van der Waals surface area contributed by atoms with Crippen molar-refractivity contribution >= 4 is 5.91 Å². The van der Waals surface area contributed by atoms with Gasteiger partial charge in [-0.05, 0) is 25.0 Å². The highest BCUT2D eigenvalue weighted by Gasteiger charge is 2.32. The largest absolute Gasteiger partial charge is 0.442 e. The van der Waals surface area contributed by atoms with E-state index < -0.39 is 6.29 Å². The zero-order chi connectivity index (χ0) is 12.4. The van der Waals surface area contributed by atoms with Crippen LogP contribution in [0.1, 0.15) is 12.8 Å². The van der Waals surface area contributed by atoms with Crippen molar-refractivity contribution in [2.24, 2.45) is 0 Å². The van der Waals surface area contributed by atoms with Crippen LogP contribution in [-0.2, 0) is 9.53 Å². The zero-order valence-corrected chi connectivity index (χ0v) is 9.93. The van der Waals surface area contributed by atoms with Crippen LogP contribution in [-0.4, -0.2) is 31.5 Å². The molecule has 0 aromatic heterocycles. The predicted molar refractivity (Wildman–Crippen MR) is 63.5 cm³/mol. The van der Waals surface area contributed by atoms with Gasteiger partial charge in [0, 0.05) is 6.61 Å². The smallest absolute Gasteiger partial charge is 0.321 e. The van der Waals surface area contributed by atoms with Crippen LogP contribution in [0.4, 0.5) is 0 Å². The van der Waals surface area contributed by atoms with E-state index in [1.54, 1.807) is 12.1 Å². The first-order valence-electron chi connectivity index (χ1n) is 6.13. The molecule has 1 amide bonds. The Morgan fingerprint density at radius 1 is 1.22 bits per heavy atom. The molecule has 1 aromatic carbocycles. The molecule has 2 aliphatic heterocycles. The summed E-state index contributed by atoms with van der Waals surface area (Å²) in [5.74, 6) is 0.969. The van der Waals surface area contributed by atoms with E-state index in [1.807, 2.05) is 12.1 Å². The second-order valence-corrected chi connectivity index (χ2v) is 4.44. The number of carbonyl (C=O) groups excluding carboxylic acids is 1. The highest BCUT2D eigenvalue weighted by atomic mass is 16.7. The molecule has 3 rings (SSSR count). The SMILES string of the molecule is O=C(NC1CCCOC1)C1Oc2ccccc2O1. The molecule has 5 nitrogen and oxygen atoms in total. The lowest BCUT2D eigenvalue weighted by atomic mass is 10.1. The van der Waals surface area contributed by atoms with Crippen LogP contribution in [0.15, 0.2) is 24.3 Å². The molecule has 0 aliphatic carbocycles. The maximum Gasteiger partial charge on any atom is 0.321 e. The monoisotopic (exact) mass is 249 g/mol. The van der Waals surface area contributed by atoms with Crippen LogP contribution in [0.3, 0.4) is 0 Å². The van der Waals surface area contributed by atoms with Crippen LogP contribution in [0, 0.1) is 0 Å². The van der Waals surface area contributed by atoms with Gasteiger partial charge >= 0.3 is 12.2 Å². The van der Waals surface area contributed by atoms with Gasteiger partial charge in [-0.25, -0.2) is 0 Å². The fraction of sp³-hybridized carbons (Fsp3) is 0.462. The molecule has 1 unspecified atom stereocenters. The van der Waals surface area contributed by atoms with Gasteiger partial charge in [0.2, 0.25) is 0 Å². The molecule has 2 aliphatic rings. The number of rotatable bonds is 2. The summed E-state index contributed by atoms with van der Waals surface area (Å²) < 4.78 is 16.2. The number of para-hydroxylation sites is 2. The van der Waals surface area contributed by atoms with Crippen LogP contribution in [0.2, 0.25) is 0 Å². The number of benzene rings is 1. The lowest BCUT2D eigenvalue weighted by Crippen LogP contribution is -2.47. The van der Waals surface area contributed by atoms with Crippen molar-refractivity contribution in [3.05, 3.63) is 24.3 Å². The van der Waals surface area contributed by atoms with E-state index in [2.05, 4.69) is 5.32 Å². The van der Waals surface area contributed by atoms with Crippen LogP contribution >= 0.6 is 0 Å². The molecular formula is C13H15NO4. The summed E-state index contributed by atoms with van der Waals surface area (Å²) in [5, 5.41) is 2.88. The minimum absolute atomic E-state index is 0.0576. The first-order valence-corrected chi connectivity index (χ1v) is 6.13. The summed E-state index contributed by atoms with van der Waals surface area (Å²) in [5.41, 5.74) is 0. The molecule has 1 fully saturated rings. The Morgan fingerprint density at radius 3 is 2.56 bits per heavy atom. The number of hydrogen-bond acceptors (Lipinski definition) is 4. The third-order valence-electron chi connectivity index (χ3n) is 3.04. The van der Waals surface area contributed by atoms with Gasteiger partial charge in [-0.1, -0.05) is 12.1 Å². The predicted octanol–water partition coefficient (Wildman–Crippen LogP) is 1.08. The van der Waals surface area contributed by atoms with E-state index in [0.717, 1.165) is 19.4 Å². The standard InChI is InChI=1S/C13H15NO4/c15-12(14-9-4-3-7-16-8-9)13-17-10-5-1-2-6-11(10)18-13/h1-2,5-6,9,13H,3-4,7-8H2,(H,14,15). The number of fused-ring (bicyclic) bond motifs is 1. The first kappa shape index (κ1) is 11.3. The molecule has 0 spiro atoms. The zero-order valence-electron chi connectivity index (χ0n) is 9.93. The molecule has 0 bridgehead atoms. The molecule has 1 N–H and O–H groups in total. The Kier molecular flexibility index (Phi) is 3.06. The second-order valence-electron chi connectivity index (χ2n) is 4.44. The van der Waals surface area contributed by atoms with Crippen LogP contribution in [0.5, 0.6) is 11.5 Å². The summed E-state index contributed by atoms with van der Waals surface area (Å²) in [6.45, 7) is 1.33. The maximum absolute atomic E-state index is 12.0. The van der Waals surface area contributed by atoms with Gasteiger partial charge in [-0.15, -0.1) is 0 Å². The minimum atomic E-state index is -0.885. The Labute approximate surface area is 105 Å². The van der Waals surface area contributed by atoms with E-state index in [0.29, 0.717) is 18.1 Å². The van der Waals surface area contributed by atoms with Crippen molar-refractivity contribution in [2.45, 2.75) is 25.2 Å². The Bertz CT molecular complexity index is 417. The van der Waals surface area contributed by atoms with E-state index in [1.165, 1.54) is 0 Å². The summed E-state index contributed by atoms with van der Waals surface area (Å²) in [4.78, 5) is 12.0. The number of amides is 1. The fourth-order valence-electron chi connectivity index (χ4n) is 2.13. The quantitative estimate of drug-likeness (QED) is 0.852. The molecular weight excluding hydrogens is 234 g/mol. The van der Waals surface area contributed by atoms with Gasteiger partial charge in [0.05, 0.1) is 12.6 Å². The highest BCUT2D eigenvalue weighted by molar-refractivity contribution is 5.81. The molecule has 5 heteroatoms.